The molecule has 17 heteroatoms. The zero-order valence-electron chi connectivity index (χ0n) is 34.7. The molecule has 1 unspecified atom stereocenters. The Morgan fingerprint density at radius 3 is 2.23 bits per heavy atom. The largest absolute Gasteiger partial charge is 0.491 e. The lowest BCUT2D eigenvalue weighted by atomic mass is 9.84. The second-order valence-corrected chi connectivity index (χ2v) is 16.0. The number of hydrogen-bond acceptors (Lipinski definition) is 13. The Bertz CT molecular complexity index is 1980. The minimum atomic E-state index is -1.01. The third-order valence-corrected chi connectivity index (χ3v) is 11.4. The summed E-state index contributed by atoms with van der Waals surface area (Å²) in [5, 5.41) is 5.35. The van der Waals surface area contributed by atoms with E-state index in [1.807, 2.05) is 42.4 Å². The van der Waals surface area contributed by atoms with Crippen molar-refractivity contribution in [1.82, 2.24) is 25.1 Å². The molecule has 1 saturated carbocycles. The molecule has 0 radical (unpaired) electrons. The minimum absolute atomic E-state index is 0.0638. The van der Waals surface area contributed by atoms with E-state index in [-0.39, 0.29) is 35.8 Å². The highest BCUT2D eigenvalue weighted by Gasteiger charge is 2.45. The number of hydrogen-bond donors (Lipinski definition) is 2. The SMILES string of the molecule is CN(CCCCc1nc(Cc2ccc(OCCOCCOCCOCCOCCNc3cccc4c3C(=O)N(C3CCC(=O)NC3=O)C4=O)cc2)ncc1Br)C(=O)C1CCC1. The highest BCUT2D eigenvalue weighted by Crippen LogP contribution is 2.32. The number of amides is 5. The Labute approximate surface area is 364 Å². The predicted molar refractivity (Wildman–Crippen MR) is 227 cm³/mol. The number of aryl methyl sites for hydroxylation is 1. The molecule has 1 atom stereocenters. The highest BCUT2D eigenvalue weighted by atomic mass is 79.9. The van der Waals surface area contributed by atoms with Gasteiger partial charge in [0, 0.05) is 50.8 Å². The number of nitrogens with one attached hydrogen (secondary N) is 2. The normalized spacial score (nSPS) is 16.4. The monoisotopic (exact) mass is 906 g/mol. The lowest BCUT2D eigenvalue weighted by Crippen LogP contribution is -2.54. The van der Waals surface area contributed by atoms with Gasteiger partial charge in [-0.2, -0.15) is 0 Å². The number of ether oxygens (including phenoxy) is 5. The first-order valence-corrected chi connectivity index (χ1v) is 21.9. The molecule has 2 fully saturated rings. The number of anilines is 1. The first kappa shape index (κ1) is 45.7. The summed E-state index contributed by atoms with van der Waals surface area (Å²) < 4.78 is 29.1. The lowest BCUT2D eigenvalue weighted by molar-refractivity contribution is -0.137. The number of carbonyl (C=O) groups is 5. The fourth-order valence-corrected chi connectivity index (χ4v) is 7.60. The van der Waals surface area contributed by atoms with Crippen LogP contribution in [0.15, 0.2) is 53.1 Å². The van der Waals surface area contributed by atoms with Crippen molar-refractivity contribution in [2.24, 2.45) is 5.92 Å². The van der Waals surface area contributed by atoms with E-state index in [4.69, 9.17) is 28.7 Å². The summed E-state index contributed by atoms with van der Waals surface area (Å²) in [6.45, 7) is 4.78. The summed E-state index contributed by atoms with van der Waals surface area (Å²) in [6.07, 6.45) is 8.55. The van der Waals surface area contributed by atoms with Crippen LogP contribution in [0.25, 0.3) is 0 Å². The van der Waals surface area contributed by atoms with Crippen molar-refractivity contribution in [2.45, 2.75) is 63.8 Å². The van der Waals surface area contributed by atoms with Crippen molar-refractivity contribution in [2.75, 3.05) is 84.9 Å². The first-order valence-electron chi connectivity index (χ1n) is 21.1. The maximum absolute atomic E-state index is 13.2. The van der Waals surface area contributed by atoms with Crippen LogP contribution in [0.5, 0.6) is 5.75 Å². The summed E-state index contributed by atoms with van der Waals surface area (Å²) in [5.41, 5.74) is 2.98. The number of piperidine rings is 1. The predicted octanol–water partition coefficient (Wildman–Crippen LogP) is 4.37. The van der Waals surface area contributed by atoms with Gasteiger partial charge in [0.1, 0.15) is 24.2 Å². The van der Waals surface area contributed by atoms with E-state index < -0.39 is 29.7 Å². The fraction of sp³-hybridized carbons (Fsp3) is 0.523. The van der Waals surface area contributed by atoms with E-state index >= 15 is 0 Å². The van der Waals surface area contributed by atoms with Gasteiger partial charge in [0.2, 0.25) is 17.7 Å². The molecule has 1 aliphatic carbocycles. The van der Waals surface area contributed by atoms with Crippen molar-refractivity contribution in [1.29, 1.82) is 0 Å². The maximum Gasteiger partial charge on any atom is 0.264 e. The van der Waals surface area contributed by atoms with Crippen molar-refractivity contribution in [3.63, 3.8) is 0 Å². The molecule has 6 rings (SSSR count). The third kappa shape index (κ3) is 13.1. The number of benzene rings is 2. The molecule has 328 valence electrons. The van der Waals surface area contributed by atoms with Crippen LogP contribution in [0.4, 0.5) is 5.69 Å². The number of rotatable bonds is 26. The van der Waals surface area contributed by atoms with Gasteiger partial charge >= 0.3 is 0 Å². The number of aromatic nitrogens is 2. The van der Waals surface area contributed by atoms with Gasteiger partial charge in [-0.3, -0.25) is 34.2 Å². The van der Waals surface area contributed by atoms with Gasteiger partial charge in [0.25, 0.3) is 11.8 Å². The Morgan fingerprint density at radius 2 is 1.56 bits per heavy atom. The van der Waals surface area contributed by atoms with Gasteiger partial charge in [-0.1, -0.05) is 24.6 Å². The molecule has 0 spiro atoms. The van der Waals surface area contributed by atoms with Gasteiger partial charge in [-0.15, -0.1) is 0 Å². The second kappa shape index (κ2) is 23.4. The molecule has 2 aliphatic heterocycles. The maximum atomic E-state index is 13.2. The van der Waals surface area contributed by atoms with Crippen molar-refractivity contribution in [3.05, 3.63) is 81.3 Å². The molecule has 3 heterocycles. The van der Waals surface area contributed by atoms with Crippen LogP contribution in [-0.4, -0.2) is 135 Å². The van der Waals surface area contributed by atoms with Crippen LogP contribution in [0.3, 0.4) is 0 Å². The molecule has 16 nitrogen and oxygen atoms in total. The highest BCUT2D eigenvalue weighted by molar-refractivity contribution is 9.10. The second-order valence-electron chi connectivity index (χ2n) is 15.1. The topological polar surface area (TPSA) is 188 Å². The molecule has 0 bridgehead atoms. The van der Waals surface area contributed by atoms with Crippen LogP contribution in [-0.2, 0) is 46.2 Å². The van der Waals surface area contributed by atoms with Crippen molar-refractivity contribution in [3.8, 4) is 5.75 Å². The van der Waals surface area contributed by atoms with E-state index in [2.05, 4.69) is 31.5 Å². The number of nitrogens with zero attached hydrogens (tertiary/aromatic N) is 4. The van der Waals surface area contributed by atoms with Crippen LogP contribution in [0.2, 0.25) is 0 Å². The molecule has 2 aromatic carbocycles. The van der Waals surface area contributed by atoms with Crippen LogP contribution in [0.1, 0.15) is 82.7 Å². The van der Waals surface area contributed by atoms with Crippen LogP contribution < -0.4 is 15.4 Å². The van der Waals surface area contributed by atoms with E-state index in [0.717, 1.165) is 70.9 Å². The lowest BCUT2D eigenvalue weighted by Gasteiger charge is -2.29. The summed E-state index contributed by atoms with van der Waals surface area (Å²) in [6, 6.07) is 11.8. The molecule has 3 aromatic rings. The zero-order valence-corrected chi connectivity index (χ0v) is 36.3. The van der Waals surface area contributed by atoms with Crippen LogP contribution in [0, 0.1) is 5.92 Å². The number of carbonyl (C=O) groups excluding carboxylic acids is 5. The smallest absolute Gasteiger partial charge is 0.264 e. The van der Waals surface area contributed by atoms with E-state index in [9.17, 15) is 24.0 Å². The zero-order chi connectivity index (χ0) is 43.0. The average Bonchev–Trinajstić information content (AvgIpc) is 3.49. The first-order chi connectivity index (χ1) is 29.7. The molecule has 1 saturated heterocycles. The molecule has 1 aromatic heterocycles. The molecular weight excluding hydrogens is 852 g/mol. The number of fused-ring (bicyclic) bond motifs is 1. The number of imide groups is 2. The summed E-state index contributed by atoms with van der Waals surface area (Å²) in [5.74, 6) is -0.125. The fourth-order valence-electron chi connectivity index (χ4n) is 7.21. The minimum Gasteiger partial charge on any atom is -0.491 e. The molecule has 61 heavy (non-hydrogen) atoms. The Balaban J connectivity index is 0.746. The van der Waals surface area contributed by atoms with Gasteiger partial charge in [0.15, 0.2) is 0 Å². The summed E-state index contributed by atoms with van der Waals surface area (Å²) in [7, 11) is 1.91. The Kier molecular flexibility index (Phi) is 17.5. The van der Waals surface area contributed by atoms with Gasteiger partial charge < -0.3 is 33.9 Å². The molecule has 2 N–H and O–H groups in total. The van der Waals surface area contributed by atoms with Crippen LogP contribution >= 0.6 is 15.9 Å². The molecular formula is C44H55BrN6O10. The van der Waals surface area contributed by atoms with Gasteiger partial charge in [-0.25, -0.2) is 9.97 Å². The van der Waals surface area contributed by atoms with Crippen molar-refractivity contribution < 1.29 is 47.7 Å². The molecule has 5 amide bonds. The van der Waals surface area contributed by atoms with Crippen molar-refractivity contribution >= 4 is 51.2 Å². The summed E-state index contributed by atoms with van der Waals surface area (Å²) in [4.78, 5) is 74.6. The Morgan fingerprint density at radius 1 is 0.869 bits per heavy atom. The number of halogens is 1. The van der Waals surface area contributed by atoms with Gasteiger partial charge in [-0.05, 0) is 84.3 Å². The van der Waals surface area contributed by atoms with Gasteiger partial charge in [0.05, 0.1) is 74.1 Å². The third-order valence-electron chi connectivity index (χ3n) is 10.8. The van der Waals surface area contributed by atoms with E-state index in [1.165, 1.54) is 6.42 Å². The summed E-state index contributed by atoms with van der Waals surface area (Å²) >= 11 is 3.60. The molecule has 3 aliphatic rings. The quantitative estimate of drug-likeness (QED) is 0.0855. The average molecular weight is 908 g/mol. The standard InChI is InChI=1S/C44H55BrN6O10/c1-50(42(54)31-6-4-7-31)18-3-2-9-35-34(45)29-47-38(48-35)28-30-11-13-32(14-12-30)61-27-26-60-25-24-59-23-22-58-21-20-57-19-17-46-36-10-5-8-33-40(36)44(56)51(43(33)55)37-15-16-39(52)49-41(37)53/h5,8,10-14,29,31,37,46H,2-4,6-7,9,15-28H2,1H3,(H,49,52,53). The Hall–Kier alpha value is -4.81. The number of unbranched alkanes of at least 4 members (excludes halogenated alkanes) is 1. The van der Waals surface area contributed by atoms with E-state index in [1.54, 1.807) is 18.2 Å². The van der Waals surface area contributed by atoms with E-state index in [0.29, 0.717) is 78.1 Å².